The van der Waals surface area contributed by atoms with Crippen LogP contribution in [0.15, 0.2) is 18.2 Å². The van der Waals surface area contributed by atoms with Crippen LogP contribution in [-0.4, -0.2) is 42.3 Å². The van der Waals surface area contributed by atoms with Gasteiger partial charge >= 0.3 is 12.3 Å². The Balaban J connectivity index is 2.18. The number of benzene rings is 1. The summed E-state index contributed by atoms with van der Waals surface area (Å²) < 4.78 is 38.3. The van der Waals surface area contributed by atoms with E-state index in [4.69, 9.17) is 5.11 Å². The van der Waals surface area contributed by atoms with Crippen molar-refractivity contribution in [3.63, 3.8) is 0 Å². The maximum atomic E-state index is 12.8. The number of hydrogen-bond donors (Lipinski definition) is 1. The summed E-state index contributed by atoms with van der Waals surface area (Å²) in [6, 6.07) is 3.91. The Morgan fingerprint density at radius 3 is 2.25 bits per heavy atom. The molecule has 0 unspecified atom stereocenters. The molecule has 0 aliphatic carbocycles. The normalized spacial score (nSPS) is 16.4. The molecule has 1 aromatic carbocycles. The van der Waals surface area contributed by atoms with Crippen LogP contribution < -0.4 is 4.90 Å². The zero-order valence-electron chi connectivity index (χ0n) is 10.9. The smallest absolute Gasteiger partial charge is 0.416 e. The summed E-state index contributed by atoms with van der Waals surface area (Å²) in [6.45, 7) is 3.00. The number of nitrogens with zero attached hydrogens (tertiary/aromatic N) is 2. The lowest BCUT2D eigenvalue weighted by Gasteiger charge is -2.35. The lowest BCUT2D eigenvalue weighted by molar-refractivity contribution is -0.137. The molecule has 0 radical (unpaired) electrons. The highest BCUT2D eigenvalue weighted by molar-refractivity contribution is 5.65. The summed E-state index contributed by atoms with van der Waals surface area (Å²) in [5, 5.41) is 8.85. The van der Waals surface area contributed by atoms with E-state index in [2.05, 4.69) is 0 Å². The second-order valence-corrected chi connectivity index (χ2v) is 4.81. The minimum absolute atomic E-state index is 0.296. The number of halogens is 3. The van der Waals surface area contributed by atoms with Crippen LogP contribution in [0, 0.1) is 6.92 Å². The molecule has 1 amide bonds. The van der Waals surface area contributed by atoms with Crippen LogP contribution in [0.2, 0.25) is 0 Å². The van der Waals surface area contributed by atoms with Gasteiger partial charge in [0.05, 0.1) is 5.56 Å². The molecule has 0 saturated carbocycles. The van der Waals surface area contributed by atoms with Crippen LogP contribution in [0.4, 0.5) is 23.7 Å². The van der Waals surface area contributed by atoms with Crippen LogP contribution in [0.5, 0.6) is 0 Å². The van der Waals surface area contributed by atoms with E-state index in [1.54, 1.807) is 17.9 Å². The van der Waals surface area contributed by atoms with Crippen molar-refractivity contribution in [3.05, 3.63) is 29.3 Å². The van der Waals surface area contributed by atoms with Crippen molar-refractivity contribution >= 4 is 11.8 Å². The van der Waals surface area contributed by atoms with Gasteiger partial charge < -0.3 is 14.9 Å². The third kappa shape index (κ3) is 3.15. The molecule has 0 spiro atoms. The maximum Gasteiger partial charge on any atom is 0.416 e. The molecule has 110 valence electrons. The summed E-state index contributed by atoms with van der Waals surface area (Å²) in [7, 11) is 0. The van der Waals surface area contributed by atoms with Gasteiger partial charge in [0.15, 0.2) is 0 Å². The van der Waals surface area contributed by atoms with Gasteiger partial charge in [-0.2, -0.15) is 13.2 Å². The first-order chi connectivity index (χ1) is 9.27. The number of amides is 1. The molecule has 20 heavy (non-hydrogen) atoms. The monoisotopic (exact) mass is 288 g/mol. The number of anilines is 1. The van der Waals surface area contributed by atoms with Crippen molar-refractivity contribution in [2.75, 3.05) is 31.1 Å². The van der Waals surface area contributed by atoms with Crippen molar-refractivity contribution in [1.82, 2.24) is 4.90 Å². The Morgan fingerprint density at radius 2 is 1.75 bits per heavy atom. The summed E-state index contributed by atoms with van der Waals surface area (Å²) in [5.74, 6) is 0. The van der Waals surface area contributed by atoms with Crippen LogP contribution in [0.25, 0.3) is 0 Å². The molecule has 0 atom stereocenters. The Kier molecular flexibility index (Phi) is 3.78. The standard InChI is InChI=1S/C13H15F3N2O2/c1-9-6-10(13(14,15)16)8-11(7-9)17-2-4-18(5-3-17)12(19)20/h6-8H,2-5H2,1H3,(H,19,20). The molecular weight excluding hydrogens is 273 g/mol. The Hall–Kier alpha value is -1.92. The lowest BCUT2D eigenvalue weighted by atomic mass is 10.1. The Bertz CT molecular complexity index is 509. The second-order valence-electron chi connectivity index (χ2n) is 4.81. The zero-order valence-corrected chi connectivity index (χ0v) is 10.9. The molecule has 4 nitrogen and oxygen atoms in total. The molecule has 1 aliphatic rings. The maximum absolute atomic E-state index is 12.8. The summed E-state index contributed by atoms with van der Waals surface area (Å²) >= 11 is 0. The van der Waals surface area contributed by atoms with E-state index < -0.39 is 17.8 Å². The van der Waals surface area contributed by atoms with E-state index in [1.807, 2.05) is 0 Å². The highest BCUT2D eigenvalue weighted by Gasteiger charge is 2.31. The Morgan fingerprint density at radius 1 is 1.15 bits per heavy atom. The molecule has 0 aromatic heterocycles. The van der Waals surface area contributed by atoms with Crippen LogP contribution in [0.3, 0.4) is 0 Å². The quantitative estimate of drug-likeness (QED) is 0.864. The third-order valence-corrected chi connectivity index (χ3v) is 3.30. The van der Waals surface area contributed by atoms with Crippen molar-refractivity contribution in [3.8, 4) is 0 Å². The fourth-order valence-electron chi connectivity index (χ4n) is 2.27. The van der Waals surface area contributed by atoms with E-state index in [0.717, 1.165) is 12.1 Å². The number of carbonyl (C=O) groups is 1. The van der Waals surface area contributed by atoms with Gasteiger partial charge in [0.1, 0.15) is 0 Å². The van der Waals surface area contributed by atoms with E-state index in [9.17, 15) is 18.0 Å². The SMILES string of the molecule is Cc1cc(N2CCN(C(=O)O)CC2)cc(C(F)(F)F)c1. The fourth-order valence-corrected chi connectivity index (χ4v) is 2.27. The zero-order chi connectivity index (χ0) is 14.9. The van der Waals surface area contributed by atoms with E-state index in [0.29, 0.717) is 37.4 Å². The van der Waals surface area contributed by atoms with Gasteiger partial charge in [-0.25, -0.2) is 4.79 Å². The largest absolute Gasteiger partial charge is 0.465 e. The Labute approximate surface area is 114 Å². The van der Waals surface area contributed by atoms with Crippen molar-refractivity contribution in [2.24, 2.45) is 0 Å². The molecule has 7 heteroatoms. The number of rotatable bonds is 1. The van der Waals surface area contributed by atoms with Gasteiger partial charge in [-0.05, 0) is 30.7 Å². The first-order valence-electron chi connectivity index (χ1n) is 6.19. The first kappa shape index (κ1) is 14.5. The summed E-state index contributed by atoms with van der Waals surface area (Å²) in [6.07, 6.45) is -5.37. The molecule has 1 saturated heterocycles. The predicted molar refractivity (Wildman–Crippen MR) is 68.0 cm³/mol. The van der Waals surface area contributed by atoms with Gasteiger partial charge in [-0.15, -0.1) is 0 Å². The van der Waals surface area contributed by atoms with Gasteiger partial charge in [-0.1, -0.05) is 0 Å². The average Bonchev–Trinajstić information content (AvgIpc) is 2.37. The average molecular weight is 288 g/mol. The molecule has 1 N–H and O–H groups in total. The number of hydrogen-bond acceptors (Lipinski definition) is 2. The van der Waals surface area contributed by atoms with Gasteiger partial charge in [0.25, 0.3) is 0 Å². The topological polar surface area (TPSA) is 43.8 Å². The predicted octanol–water partition coefficient (Wildman–Crippen LogP) is 2.81. The van der Waals surface area contributed by atoms with Crippen LogP contribution in [0.1, 0.15) is 11.1 Å². The third-order valence-electron chi connectivity index (χ3n) is 3.30. The number of alkyl halides is 3. The van der Waals surface area contributed by atoms with Crippen LogP contribution >= 0.6 is 0 Å². The van der Waals surface area contributed by atoms with Crippen molar-refractivity contribution in [1.29, 1.82) is 0 Å². The second kappa shape index (κ2) is 5.22. The van der Waals surface area contributed by atoms with Crippen molar-refractivity contribution in [2.45, 2.75) is 13.1 Å². The highest BCUT2D eigenvalue weighted by atomic mass is 19.4. The number of carboxylic acid groups (broad SMARTS) is 1. The minimum atomic E-state index is -4.37. The van der Waals surface area contributed by atoms with E-state index >= 15 is 0 Å². The van der Waals surface area contributed by atoms with Gasteiger partial charge in [-0.3, -0.25) is 0 Å². The van der Waals surface area contributed by atoms with Gasteiger partial charge in [0, 0.05) is 31.9 Å². The van der Waals surface area contributed by atoms with Gasteiger partial charge in [0.2, 0.25) is 0 Å². The molecule has 2 rings (SSSR count). The first-order valence-corrected chi connectivity index (χ1v) is 6.19. The number of aryl methyl sites for hydroxylation is 1. The van der Waals surface area contributed by atoms with E-state index in [-0.39, 0.29) is 0 Å². The molecule has 1 fully saturated rings. The molecule has 1 aliphatic heterocycles. The van der Waals surface area contributed by atoms with Crippen molar-refractivity contribution < 1.29 is 23.1 Å². The number of piperazine rings is 1. The van der Waals surface area contributed by atoms with Crippen LogP contribution in [-0.2, 0) is 6.18 Å². The molecule has 0 bridgehead atoms. The molecule has 1 aromatic rings. The highest BCUT2D eigenvalue weighted by Crippen LogP contribution is 2.33. The molecular formula is C13H15F3N2O2. The summed E-state index contributed by atoms with van der Waals surface area (Å²) in [5.41, 5.74) is 0.353. The summed E-state index contributed by atoms with van der Waals surface area (Å²) in [4.78, 5) is 13.8. The molecule has 1 heterocycles. The fraction of sp³-hybridized carbons (Fsp3) is 0.462. The lowest BCUT2D eigenvalue weighted by Crippen LogP contribution is -2.48. The van der Waals surface area contributed by atoms with E-state index in [1.165, 1.54) is 4.90 Å². The minimum Gasteiger partial charge on any atom is -0.465 e.